The molecule has 0 heterocycles. The number of nitrogens with zero attached hydrogens (tertiary/aromatic N) is 4. The summed E-state index contributed by atoms with van der Waals surface area (Å²) >= 11 is 0. The Kier molecular flexibility index (Phi) is 33.6. The van der Waals surface area contributed by atoms with E-state index >= 15 is 0 Å². The van der Waals surface area contributed by atoms with Crippen LogP contribution in [0.25, 0.3) is 0 Å². The van der Waals surface area contributed by atoms with Crippen LogP contribution in [0.3, 0.4) is 0 Å². The van der Waals surface area contributed by atoms with Gasteiger partial charge in [-0.15, -0.1) is 0 Å². The molecule has 0 rings (SSSR count). The lowest BCUT2D eigenvalue weighted by Gasteiger charge is -2.38. The molecule has 0 saturated heterocycles. The first-order chi connectivity index (χ1) is 29.2. The first-order valence-corrected chi connectivity index (χ1v) is 28.6. The summed E-state index contributed by atoms with van der Waals surface area (Å²) in [5.74, 6) is 0. The van der Waals surface area contributed by atoms with E-state index in [0.717, 1.165) is 19.3 Å². The zero-order valence-electron chi connectivity index (χ0n) is 36.8. The van der Waals surface area contributed by atoms with Crippen LogP contribution in [-0.2, 0) is 40.1 Å². The highest BCUT2D eigenvalue weighted by Gasteiger charge is 2.72. The first kappa shape index (κ1) is 58.6. The summed E-state index contributed by atoms with van der Waals surface area (Å²) in [5.41, 5.74) is 0. The molecular weight excluding hydrogens is 861 g/mol. The van der Waals surface area contributed by atoms with E-state index in [2.05, 4.69) is 43.2 Å². The van der Waals surface area contributed by atoms with Gasteiger partial charge in [0.25, 0.3) is 30.1 Å². The van der Waals surface area contributed by atoms with Crippen molar-refractivity contribution < 1.29 is 33.7 Å². The zero-order valence-corrected chi connectivity index (χ0v) is 40.1. The molecule has 0 spiro atoms. The van der Waals surface area contributed by atoms with Crippen molar-refractivity contribution in [1.29, 1.82) is 21.0 Å². The van der Waals surface area contributed by atoms with Crippen LogP contribution in [-0.4, -0.2) is 68.5 Å². The molecule has 0 saturated carbocycles. The van der Waals surface area contributed by atoms with E-state index in [1.807, 2.05) is 6.92 Å². The highest BCUT2D eigenvalue weighted by Crippen LogP contribution is 2.40. The van der Waals surface area contributed by atoms with Gasteiger partial charge in [-0.2, -0.15) is 21.0 Å². The van der Waals surface area contributed by atoms with Gasteiger partial charge in [-0.25, -0.2) is 52.6 Å². The van der Waals surface area contributed by atoms with Crippen LogP contribution < -0.4 is 18.9 Å². The van der Waals surface area contributed by atoms with Crippen molar-refractivity contribution in [3.63, 3.8) is 0 Å². The Labute approximate surface area is 370 Å². The number of hydrogen-bond donors (Lipinski definition) is 4. The molecule has 0 aromatic rings. The van der Waals surface area contributed by atoms with Crippen molar-refractivity contribution in [2.75, 3.05) is 26.2 Å². The van der Waals surface area contributed by atoms with Gasteiger partial charge in [-0.05, 0) is 57.8 Å². The highest BCUT2D eigenvalue weighted by molar-refractivity contribution is 8.25. The molecule has 0 aromatic heterocycles. The number of nitriles is 4. The maximum Gasteiger partial charge on any atom is 0.330 e. The molecule has 4 N–H and O–H groups in total. The van der Waals surface area contributed by atoms with Crippen molar-refractivity contribution in [2.45, 2.75) is 208 Å². The smallest absolute Gasteiger partial charge is 0.215 e. The standard InChI is InChI=1S/C41H76N8O8S4/c1-2-3-4-13-22-31-40(58(50,51)46-36-27-18-9-5-14-23-32-42)41(59(52,53)47-37-28-19-10-6-15-24-33-43,60(54,55)48-38-29-20-11-7-16-25-34-44)61(56,57)49-39-30-21-12-8-17-26-35-45/h40,46-49H,2-31,36-39H2,1H3. The third-order valence-corrected chi connectivity index (χ3v) is 21.7. The molecule has 0 aliphatic rings. The van der Waals surface area contributed by atoms with Gasteiger partial charge in [0.05, 0.1) is 24.3 Å². The molecule has 1 atom stereocenters. The predicted molar refractivity (Wildman–Crippen MR) is 241 cm³/mol. The summed E-state index contributed by atoms with van der Waals surface area (Å²) in [6, 6.07) is 8.29. The minimum absolute atomic E-state index is 0.0425. The van der Waals surface area contributed by atoms with E-state index in [1.54, 1.807) is 0 Å². The molecule has 0 aromatic carbocycles. The van der Waals surface area contributed by atoms with Gasteiger partial charge in [0.1, 0.15) is 5.25 Å². The van der Waals surface area contributed by atoms with E-state index in [1.165, 1.54) is 0 Å². The molecular formula is C41H76N8O8S4. The molecule has 352 valence electrons. The third-order valence-electron chi connectivity index (χ3n) is 10.5. The monoisotopic (exact) mass is 936 g/mol. The predicted octanol–water partition coefficient (Wildman–Crippen LogP) is 7.50. The van der Waals surface area contributed by atoms with Crippen molar-refractivity contribution >= 4 is 40.1 Å². The van der Waals surface area contributed by atoms with Crippen LogP contribution in [0.4, 0.5) is 0 Å². The highest BCUT2D eigenvalue weighted by atomic mass is 32.3. The largest absolute Gasteiger partial charge is 0.330 e. The Hall–Kier alpha value is -2.40. The van der Waals surface area contributed by atoms with Gasteiger partial charge >= 0.3 is 3.41 Å². The van der Waals surface area contributed by atoms with Crippen molar-refractivity contribution in [3.05, 3.63) is 0 Å². The first-order valence-electron chi connectivity index (χ1n) is 22.6. The number of hydrogen-bond acceptors (Lipinski definition) is 12. The Morgan fingerprint density at radius 3 is 0.951 bits per heavy atom. The number of unbranched alkanes of at least 4 members (excludes halogenated alkanes) is 24. The summed E-state index contributed by atoms with van der Waals surface area (Å²) in [6.07, 6.45) is 14.9. The fraction of sp³-hybridized carbons (Fsp3) is 0.902. The van der Waals surface area contributed by atoms with Crippen molar-refractivity contribution in [1.82, 2.24) is 18.9 Å². The van der Waals surface area contributed by atoms with E-state index in [-0.39, 0.29) is 51.9 Å². The molecule has 0 amide bonds. The quantitative estimate of drug-likeness (QED) is 0.0433. The number of sulfonamides is 4. The number of rotatable bonds is 43. The van der Waals surface area contributed by atoms with Crippen molar-refractivity contribution in [3.8, 4) is 24.3 Å². The van der Waals surface area contributed by atoms with Crippen LogP contribution in [0.2, 0.25) is 0 Å². The SMILES string of the molecule is CCCCCCCC(C(S(=O)(=O)NCCCCCCCC#N)(S(=O)(=O)NCCCCCCCC#N)S(=O)(=O)NCCCCCCCC#N)S(=O)(=O)NCCCCCCCC#N. The van der Waals surface area contributed by atoms with E-state index in [9.17, 15) is 33.7 Å². The molecule has 16 nitrogen and oxygen atoms in total. The van der Waals surface area contributed by atoms with Gasteiger partial charge in [0.15, 0.2) is 0 Å². The fourth-order valence-electron chi connectivity index (χ4n) is 7.08. The summed E-state index contributed by atoms with van der Waals surface area (Å²) < 4.78 is 124. The molecule has 61 heavy (non-hydrogen) atoms. The normalized spacial score (nSPS) is 12.9. The second-order valence-electron chi connectivity index (χ2n) is 15.6. The molecule has 0 aliphatic heterocycles. The fourth-order valence-corrected chi connectivity index (χ4v) is 18.6. The van der Waals surface area contributed by atoms with Gasteiger partial charge in [0, 0.05) is 51.9 Å². The Morgan fingerprint density at radius 1 is 0.377 bits per heavy atom. The average Bonchev–Trinajstić information content (AvgIpc) is 3.21. The molecule has 0 radical (unpaired) electrons. The van der Waals surface area contributed by atoms with E-state index < -0.39 is 55.2 Å². The minimum atomic E-state index is -5.59. The van der Waals surface area contributed by atoms with Crippen LogP contribution in [0.15, 0.2) is 0 Å². The second-order valence-corrected chi connectivity index (χ2v) is 24.2. The lowest BCUT2D eigenvalue weighted by molar-refractivity contribution is 0.488. The van der Waals surface area contributed by atoms with Crippen LogP contribution in [0, 0.1) is 45.3 Å². The average molecular weight is 937 g/mol. The molecule has 20 heteroatoms. The van der Waals surface area contributed by atoms with Gasteiger partial charge < -0.3 is 0 Å². The molecule has 0 fully saturated rings. The maximum absolute atomic E-state index is 15.0. The molecule has 1 unspecified atom stereocenters. The van der Waals surface area contributed by atoms with Gasteiger partial charge in [-0.1, -0.05) is 116 Å². The Bertz CT molecular complexity index is 1640. The van der Waals surface area contributed by atoms with Crippen LogP contribution in [0.5, 0.6) is 0 Å². The van der Waals surface area contributed by atoms with Crippen LogP contribution in [0.1, 0.15) is 200 Å². The molecule has 0 bridgehead atoms. The minimum Gasteiger partial charge on any atom is -0.215 e. The topological polar surface area (TPSA) is 280 Å². The summed E-state index contributed by atoms with van der Waals surface area (Å²) in [7, 11) is -21.8. The van der Waals surface area contributed by atoms with Crippen molar-refractivity contribution in [2.24, 2.45) is 0 Å². The zero-order chi connectivity index (χ0) is 45.8. The molecule has 0 aliphatic carbocycles. The lowest BCUT2D eigenvalue weighted by atomic mass is 10.1. The van der Waals surface area contributed by atoms with Crippen LogP contribution >= 0.6 is 0 Å². The summed E-state index contributed by atoms with van der Waals surface area (Å²) in [4.78, 5) is 0. The van der Waals surface area contributed by atoms with Gasteiger partial charge in [0.2, 0.25) is 10.0 Å². The Balaban J connectivity index is 7.30. The lowest BCUT2D eigenvalue weighted by Crippen LogP contribution is -2.71. The van der Waals surface area contributed by atoms with E-state index in [4.69, 9.17) is 21.0 Å². The van der Waals surface area contributed by atoms with E-state index in [0.29, 0.717) is 141 Å². The maximum atomic E-state index is 15.0. The summed E-state index contributed by atoms with van der Waals surface area (Å²) in [5, 5.41) is 32.8. The number of nitrogens with one attached hydrogen (secondary N) is 4. The summed E-state index contributed by atoms with van der Waals surface area (Å²) in [6.45, 7) is 0.760. The third kappa shape index (κ3) is 23.2. The van der Waals surface area contributed by atoms with Gasteiger partial charge in [-0.3, -0.25) is 0 Å². The Morgan fingerprint density at radius 2 is 0.639 bits per heavy atom. The second kappa shape index (κ2) is 35.0.